The molecule has 1 aliphatic rings. The van der Waals surface area contributed by atoms with Gasteiger partial charge in [0.2, 0.25) is 0 Å². The number of carbonyl (C=O) groups excluding carboxylic acids is 1. The molecule has 0 aliphatic carbocycles. The molecule has 0 aromatic heterocycles. The standard InChI is InChI=1S/C12H20O12/c13-1-3(14)5(16)6(17)4(15)2-23-12-9(20)7(18)8(19)10(24-12)11(21)22/h1,3-10,12,14-20H,2H2,(H,21,22)/t3-,4+,5+,6+,7-,8+,9+,10-,12-/m0/s1. The van der Waals surface area contributed by atoms with Crippen LogP contribution in [0.1, 0.15) is 0 Å². The topological polar surface area (TPSA) is 214 Å². The Morgan fingerprint density at radius 2 is 1.62 bits per heavy atom. The summed E-state index contributed by atoms with van der Waals surface area (Å²) in [5.41, 5.74) is 0. The van der Waals surface area contributed by atoms with E-state index in [1.807, 2.05) is 0 Å². The van der Waals surface area contributed by atoms with Gasteiger partial charge < -0.3 is 55.1 Å². The van der Waals surface area contributed by atoms with Gasteiger partial charge in [-0.05, 0) is 0 Å². The zero-order chi connectivity index (χ0) is 18.6. The fourth-order valence-corrected chi connectivity index (χ4v) is 1.99. The second-order valence-electron chi connectivity index (χ2n) is 5.24. The highest BCUT2D eigenvalue weighted by Gasteiger charge is 2.47. The van der Waals surface area contributed by atoms with Gasteiger partial charge in [-0.25, -0.2) is 4.79 Å². The first kappa shape index (κ1) is 20.8. The molecule has 12 nitrogen and oxygen atoms in total. The summed E-state index contributed by atoms with van der Waals surface area (Å²) in [5.74, 6) is -1.63. The van der Waals surface area contributed by atoms with E-state index in [4.69, 9.17) is 19.7 Å². The first-order chi connectivity index (χ1) is 11.1. The van der Waals surface area contributed by atoms with Crippen molar-refractivity contribution in [2.75, 3.05) is 6.61 Å². The van der Waals surface area contributed by atoms with E-state index in [0.717, 1.165) is 0 Å². The van der Waals surface area contributed by atoms with E-state index in [2.05, 4.69) is 0 Å². The lowest BCUT2D eigenvalue weighted by atomic mass is 9.99. The number of ether oxygens (including phenoxy) is 2. The highest BCUT2D eigenvalue weighted by molar-refractivity contribution is 5.73. The molecule has 0 amide bonds. The molecule has 8 N–H and O–H groups in total. The van der Waals surface area contributed by atoms with Gasteiger partial charge in [0.05, 0.1) is 6.61 Å². The van der Waals surface area contributed by atoms with E-state index in [1.54, 1.807) is 0 Å². The van der Waals surface area contributed by atoms with Crippen LogP contribution in [0.4, 0.5) is 0 Å². The number of aliphatic carboxylic acids is 1. The van der Waals surface area contributed by atoms with Gasteiger partial charge in [0.15, 0.2) is 18.7 Å². The molecule has 9 atom stereocenters. The molecular weight excluding hydrogens is 336 g/mol. The summed E-state index contributed by atoms with van der Waals surface area (Å²) in [6.45, 7) is -0.819. The average Bonchev–Trinajstić information content (AvgIpc) is 2.56. The Balaban J connectivity index is 2.64. The largest absolute Gasteiger partial charge is 0.479 e. The van der Waals surface area contributed by atoms with Crippen molar-refractivity contribution < 1.29 is 59.9 Å². The molecule has 140 valence electrons. The second-order valence-corrected chi connectivity index (χ2v) is 5.24. The Hall–Kier alpha value is -1.22. The zero-order valence-corrected chi connectivity index (χ0v) is 12.2. The molecule has 24 heavy (non-hydrogen) atoms. The minimum atomic E-state index is -2.02. The van der Waals surface area contributed by atoms with Gasteiger partial charge in [-0.1, -0.05) is 0 Å². The molecule has 1 saturated heterocycles. The predicted molar refractivity (Wildman–Crippen MR) is 70.4 cm³/mol. The number of rotatable bonds is 8. The first-order valence-electron chi connectivity index (χ1n) is 6.83. The smallest absolute Gasteiger partial charge is 0.335 e. The number of hydrogen-bond donors (Lipinski definition) is 8. The van der Waals surface area contributed by atoms with E-state index < -0.39 is 67.7 Å². The summed E-state index contributed by atoms with van der Waals surface area (Å²) in [6.07, 6.45) is -17.2. The summed E-state index contributed by atoms with van der Waals surface area (Å²) >= 11 is 0. The van der Waals surface area contributed by atoms with E-state index >= 15 is 0 Å². The number of aldehydes is 1. The third-order valence-corrected chi connectivity index (χ3v) is 3.48. The van der Waals surface area contributed by atoms with E-state index in [-0.39, 0.29) is 6.29 Å². The molecular formula is C12H20O12. The predicted octanol–water partition coefficient (Wildman–Crippen LogP) is -5.46. The van der Waals surface area contributed by atoms with Gasteiger partial charge in [-0.15, -0.1) is 0 Å². The van der Waals surface area contributed by atoms with Crippen LogP contribution < -0.4 is 0 Å². The Morgan fingerprint density at radius 3 is 2.12 bits per heavy atom. The molecule has 1 heterocycles. The average molecular weight is 356 g/mol. The van der Waals surface area contributed by atoms with Gasteiger partial charge >= 0.3 is 5.97 Å². The van der Waals surface area contributed by atoms with Crippen LogP contribution in [0, 0.1) is 0 Å². The molecule has 0 bridgehead atoms. The number of carbonyl (C=O) groups is 2. The molecule has 12 heteroatoms. The summed E-state index contributed by atoms with van der Waals surface area (Å²) in [6, 6.07) is 0. The summed E-state index contributed by atoms with van der Waals surface area (Å²) in [7, 11) is 0. The molecule has 1 rings (SSSR count). The highest BCUT2D eigenvalue weighted by atomic mass is 16.7. The quantitative estimate of drug-likeness (QED) is 0.191. The summed E-state index contributed by atoms with van der Waals surface area (Å²) in [4.78, 5) is 21.2. The van der Waals surface area contributed by atoms with Crippen molar-refractivity contribution >= 4 is 12.3 Å². The minimum Gasteiger partial charge on any atom is -0.479 e. The van der Waals surface area contributed by atoms with Crippen LogP contribution in [0.3, 0.4) is 0 Å². The van der Waals surface area contributed by atoms with Crippen LogP contribution >= 0.6 is 0 Å². The van der Waals surface area contributed by atoms with E-state index in [0.29, 0.717) is 0 Å². The lowest BCUT2D eigenvalue weighted by molar-refractivity contribution is -0.299. The number of aliphatic hydroxyl groups excluding tert-OH is 7. The molecule has 1 aliphatic heterocycles. The second kappa shape index (κ2) is 8.75. The van der Waals surface area contributed by atoms with Gasteiger partial charge in [-0.2, -0.15) is 0 Å². The van der Waals surface area contributed by atoms with E-state index in [9.17, 15) is 40.2 Å². The Labute approximate surface area is 135 Å². The molecule has 0 spiro atoms. The van der Waals surface area contributed by atoms with Gasteiger partial charge in [0.25, 0.3) is 0 Å². The van der Waals surface area contributed by atoms with Crippen molar-refractivity contribution in [1.82, 2.24) is 0 Å². The number of carboxylic acid groups (broad SMARTS) is 1. The van der Waals surface area contributed by atoms with Crippen LogP contribution in [0.15, 0.2) is 0 Å². The molecule has 1 fully saturated rings. The maximum Gasteiger partial charge on any atom is 0.335 e. The SMILES string of the molecule is O=C[C@H](O)[C@@H](O)[C@H](O)[C@H](O)CO[C@H]1O[C@H](C(=O)O)[C@H](O)[C@H](O)[C@H]1O. The monoisotopic (exact) mass is 356 g/mol. The lowest BCUT2D eigenvalue weighted by Gasteiger charge is -2.38. The normalized spacial score (nSPS) is 35.7. The van der Waals surface area contributed by atoms with Crippen molar-refractivity contribution in [3.8, 4) is 0 Å². The van der Waals surface area contributed by atoms with Crippen LogP contribution in [-0.2, 0) is 19.1 Å². The third-order valence-electron chi connectivity index (χ3n) is 3.48. The van der Waals surface area contributed by atoms with Crippen molar-refractivity contribution in [3.05, 3.63) is 0 Å². The molecule has 0 radical (unpaired) electrons. The maximum atomic E-state index is 10.9. The number of aliphatic hydroxyl groups is 7. The lowest BCUT2D eigenvalue weighted by Crippen LogP contribution is -2.60. The molecule has 0 unspecified atom stereocenters. The molecule has 0 saturated carbocycles. The fraction of sp³-hybridized carbons (Fsp3) is 0.833. The van der Waals surface area contributed by atoms with Crippen LogP contribution in [0.25, 0.3) is 0 Å². The highest BCUT2D eigenvalue weighted by Crippen LogP contribution is 2.22. The zero-order valence-electron chi connectivity index (χ0n) is 12.2. The van der Waals surface area contributed by atoms with Crippen molar-refractivity contribution in [1.29, 1.82) is 0 Å². The molecule has 0 aromatic rings. The fourth-order valence-electron chi connectivity index (χ4n) is 1.99. The maximum absolute atomic E-state index is 10.9. The van der Waals surface area contributed by atoms with Crippen LogP contribution in [-0.4, -0.2) is 115 Å². The van der Waals surface area contributed by atoms with Gasteiger partial charge in [-0.3, -0.25) is 0 Å². The molecule has 0 aromatic carbocycles. The minimum absolute atomic E-state index is 0.0648. The van der Waals surface area contributed by atoms with Crippen molar-refractivity contribution in [3.63, 3.8) is 0 Å². The van der Waals surface area contributed by atoms with Crippen molar-refractivity contribution in [2.45, 2.75) is 55.1 Å². The van der Waals surface area contributed by atoms with Crippen LogP contribution in [0.2, 0.25) is 0 Å². The summed E-state index contributed by atoms with van der Waals surface area (Å²) < 4.78 is 9.60. The van der Waals surface area contributed by atoms with Gasteiger partial charge in [0, 0.05) is 0 Å². The van der Waals surface area contributed by atoms with Crippen LogP contribution in [0.5, 0.6) is 0 Å². The van der Waals surface area contributed by atoms with E-state index in [1.165, 1.54) is 0 Å². The summed E-state index contributed by atoms with van der Waals surface area (Å²) in [5, 5.41) is 75.1. The first-order valence-corrected chi connectivity index (χ1v) is 6.83. The number of hydrogen-bond acceptors (Lipinski definition) is 11. The Bertz CT molecular complexity index is 430. The number of carboxylic acids is 1. The van der Waals surface area contributed by atoms with Crippen molar-refractivity contribution in [2.24, 2.45) is 0 Å². The Morgan fingerprint density at radius 1 is 1.04 bits per heavy atom. The third kappa shape index (κ3) is 4.66. The Kier molecular flexibility index (Phi) is 7.59. The van der Waals surface area contributed by atoms with Gasteiger partial charge in [0.1, 0.15) is 42.7 Å².